The third kappa shape index (κ3) is 8.12. The number of hydrogen-bond donors (Lipinski definition) is 2. The average molecular weight is 564 g/mol. The van der Waals surface area contributed by atoms with Crippen LogP contribution in [-0.2, 0) is 22.4 Å². The van der Waals surface area contributed by atoms with E-state index in [0.717, 1.165) is 28.2 Å². The van der Waals surface area contributed by atoms with Crippen LogP contribution < -0.4 is 20.2 Å². The molecule has 0 aliphatic heterocycles. The molecule has 3 aromatic carbocycles. The smallest absolute Gasteiger partial charge is 0.416 e. The largest absolute Gasteiger partial charge is 0.493 e. The molecule has 11 heteroatoms. The van der Waals surface area contributed by atoms with Gasteiger partial charge in [0.1, 0.15) is 13.0 Å². The van der Waals surface area contributed by atoms with Crippen LogP contribution in [0.4, 0.5) is 18.9 Å². The summed E-state index contributed by atoms with van der Waals surface area (Å²) in [6.45, 7) is 0.343. The minimum absolute atomic E-state index is 0.0688. The summed E-state index contributed by atoms with van der Waals surface area (Å²) in [6.07, 6.45) is -3.82. The van der Waals surface area contributed by atoms with Crippen molar-refractivity contribution in [2.75, 3.05) is 12.4 Å². The lowest BCUT2D eigenvalue weighted by Crippen LogP contribution is -2.24. The molecule has 0 aliphatic carbocycles. The topological polar surface area (TPSA) is 89.0 Å². The highest BCUT2D eigenvalue weighted by atomic mass is 79.9. The molecule has 0 atom stereocenters. The molecular weight excluding hydrogens is 543 g/mol. The fourth-order valence-corrected chi connectivity index (χ4v) is 3.23. The zero-order valence-corrected chi connectivity index (χ0v) is 20.5. The second-order valence-corrected chi connectivity index (χ2v) is 8.34. The summed E-state index contributed by atoms with van der Waals surface area (Å²) in [5.41, 5.74) is 2.80. The molecule has 0 aromatic heterocycles. The standard InChI is InChI=1S/C25H21BrF3N3O4/c1-35-22-11-17(7-10-21(22)36-15-16-5-8-19(26)9-6-16)14-30-32-24(34)13-23(33)31-20-4-2-3-18(12-20)25(27,28)29/h2-12,14H,13,15H2,1H3,(H,31,33)(H,32,34)/b30-14-. The highest BCUT2D eigenvalue weighted by molar-refractivity contribution is 9.10. The normalized spacial score (nSPS) is 11.2. The SMILES string of the molecule is COc1cc(/C=N\NC(=O)CC(=O)Nc2cccc(C(F)(F)F)c2)ccc1OCc1ccc(Br)cc1. The van der Waals surface area contributed by atoms with Gasteiger partial charge in [0.05, 0.1) is 18.9 Å². The van der Waals surface area contributed by atoms with Gasteiger partial charge in [0.15, 0.2) is 11.5 Å². The van der Waals surface area contributed by atoms with Crippen molar-refractivity contribution < 1.29 is 32.2 Å². The summed E-state index contributed by atoms with van der Waals surface area (Å²) in [7, 11) is 1.49. The fraction of sp³-hybridized carbons (Fsp3) is 0.160. The highest BCUT2D eigenvalue weighted by Gasteiger charge is 2.30. The summed E-state index contributed by atoms with van der Waals surface area (Å²) >= 11 is 3.38. The molecule has 2 N–H and O–H groups in total. The molecular formula is C25H21BrF3N3O4. The molecule has 36 heavy (non-hydrogen) atoms. The van der Waals surface area contributed by atoms with Crippen LogP contribution in [0.2, 0.25) is 0 Å². The second kappa shape index (κ2) is 12.2. The molecule has 0 aliphatic rings. The van der Waals surface area contributed by atoms with Gasteiger partial charge in [0.2, 0.25) is 11.8 Å². The van der Waals surface area contributed by atoms with Crippen LogP contribution in [-0.4, -0.2) is 25.1 Å². The van der Waals surface area contributed by atoms with Gasteiger partial charge in [-0.1, -0.05) is 34.1 Å². The molecule has 3 aromatic rings. The van der Waals surface area contributed by atoms with Gasteiger partial charge in [0.25, 0.3) is 0 Å². The van der Waals surface area contributed by atoms with Crippen LogP contribution in [0.5, 0.6) is 11.5 Å². The lowest BCUT2D eigenvalue weighted by Gasteiger charge is -2.11. The van der Waals surface area contributed by atoms with Crippen LogP contribution in [0, 0.1) is 0 Å². The van der Waals surface area contributed by atoms with E-state index in [1.54, 1.807) is 18.2 Å². The van der Waals surface area contributed by atoms with E-state index in [9.17, 15) is 22.8 Å². The van der Waals surface area contributed by atoms with Gasteiger partial charge in [-0.3, -0.25) is 9.59 Å². The van der Waals surface area contributed by atoms with Crippen molar-refractivity contribution in [3.8, 4) is 11.5 Å². The number of ether oxygens (including phenoxy) is 2. The summed E-state index contributed by atoms with van der Waals surface area (Å²) in [5.74, 6) is -0.538. The van der Waals surface area contributed by atoms with Gasteiger partial charge in [-0.15, -0.1) is 0 Å². The number of amides is 2. The quantitative estimate of drug-likeness (QED) is 0.203. The second-order valence-electron chi connectivity index (χ2n) is 7.42. The Balaban J connectivity index is 1.51. The molecule has 0 radical (unpaired) electrons. The first-order chi connectivity index (χ1) is 17.1. The number of anilines is 1. The maximum Gasteiger partial charge on any atom is 0.416 e. The zero-order chi connectivity index (χ0) is 26.1. The molecule has 188 valence electrons. The number of nitrogens with one attached hydrogen (secondary N) is 2. The van der Waals surface area contributed by atoms with E-state index in [2.05, 4.69) is 31.8 Å². The Bertz CT molecular complexity index is 1250. The number of alkyl halides is 3. The molecule has 0 heterocycles. The fourth-order valence-electron chi connectivity index (χ4n) is 2.97. The summed E-state index contributed by atoms with van der Waals surface area (Å²) in [4.78, 5) is 23.9. The number of hydrogen-bond acceptors (Lipinski definition) is 5. The van der Waals surface area contributed by atoms with E-state index in [4.69, 9.17) is 9.47 Å². The summed E-state index contributed by atoms with van der Waals surface area (Å²) < 4.78 is 50.5. The Morgan fingerprint density at radius 1 is 1.00 bits per heavy atom. The molecule has 2 amide bonds. The number of halogens is 4. The number of methoxy groups -OCH3 is 1. The van der Waals surface area contributed by atoms with E-state index in [-0.39, 0.29) is 5.69 Å². The maximum absolute atomic E-state index is 12.8. The van der Waals surface area contributed by atoms with Gasteiger partial charge in [0, 0.05) is 10.2 Å². The van der Waals surface area contributed by atoms with Crippen LogP contribution in [0.3, 0.4) is 0 Å². The van der Waals surface area contributed by atoms with Crippen LogP contribution in [0.15, 0.2) is 76.3 Å². The van der Waals surface area contributed by atoms with E-state index in [1.165, 1.54) is 19.4 Å². The summed E-state index contributed by atoms with van der Waals surface area (Å²) in [6, 6.07) is 16.9. The lowest BCUT2D eigenvalue weighted by molar-refractivity contribution is -0.137. The molecule has 7 nitrogen and oxygen atoms in total. The van der Waals surface area contributed by atoms with E-state index >= 15 is 0 Å². The van der Waals surface area contributed by atoms with Gasteiger partial charge < -0.3 is 14.8 Å². The molecule has 3 rings (SSSR count). The molecule has 0 spiro atoms. The Kier molecular flexibility index (Phi) is 9.07. The maximum atomic E-state index is 12.8. The lowest BCUT2D eigenvalue weighted by atomic mass is 10.2. The minimum Gasteiger partial charge on any atom is -0.493 e. The average Bonchev–Trinajstić information content (AvgIpc) is 2.83. The molecule has 0 saturated heterocycles. The number of carbonyl (C=O) groups is 2. The summed E-state index contributed by atoms with van der Waals surface area (Å²) in [5, 5.41) is 6.06. The molecule has 0 bridgehead atoms. The van der Waals surface area contributed by atoms with Crippen molar-refractivity contribution in [3.63, 3.8) is 0 Å². The van der Waals surface area contributed by atoms with E-state index < -0.39 is 30.0 Å². The first-order valence-corrected chi connectivity index (χ1v) is 11.3. The zero-order valence-electron chi connectivity index (χ0n) is 18.9. The molecule has 0 saturated carbocycles. The van der Waals surface area contributed by atoms with Crippen LogP contribution >= 0.6 is 15.9 Å². The Hall–Kier alpha value is -3.86. The van der Waals surface area contributed by atoms with Gasteiger partial charge >= 0.3 is 6.18 Å². The molecule has 0 fully saturated rings. The van der Waals surface area contributed by atoms with Crippen molar-refractivity contribution in [2.24, 2.45) is 5.10 Å². The molecule has 0 unspecified atom stereocenters. The highest BCUT2D eigenvalue weighted by Crippen LogP contribution is 2.31. The Labute approximate surface area is 213 Å². The predicted octanol–water partition coefficient (Wildman–Crippen LogP) is 5.53. The third-order valence-electron chi connectivity index (χ3n) is 4.69. The Morgan fingerprint density at radius 3 is 2.44 bits per heavy atom. The third-order valence-corrected chi connectivity index (χ3v) is 5.22. The van der Waals surface area contributed by atoms with Crippen molar-refractivity contribution in [3.05, 3.63) is 87.9 Å². The van der Waals surface area contributed by atoms with Crippen LogP contribution in [0.1, 0.15) is 23.1 Å². The number of benzene rings is 3. The van der Waals surface area contributed by atoms with Crippen LogP contribution in [0.25, 0.3) is 0 Å². The number of carbonyl (C=O) groups excluding carboxylic acids is 2. The van der Waals surface area contributed by atoms with Crippen molar-refractivity contribution in [1.82, 2.24) is 5.43 Å². The number of nitrogens with zero attached hydrogens (tertiary/aromatic N) is 1. The van der Waals surface area contributed by atoms with Gasteiger partial charge in [-0.05, 0) is 59.7 Å². The minimum atomic E-state index is -4.54. The van der Waals surface area contributed by atoms with Crippen molar-refractivity contribution in [1.29, 1.82) is 0 Å². The first kappa shape index (κ1) is 26.7. The number of hydrazone groups is 1. The van der Waals surface area contributed by atoms with Crippen molar-refractivity contribution in [2.45, 2.75) is 19.2 Å². The van der Waals surface area contributed by atoms with Crippen molar-refractivity contribution >= 4 is 39.6 Å². The monoisotopic (exact) mass is 563 g/mol. The van der Waals surface area contributed by atoms with Gasteiger partial charge in [-0.2, -0.15) is 18.3 Å². The van der Waals surface area contributed by atoms with Gasteiger partial charge in [-0.25, -0.2) is 5.43 Å². The predicted molar refractivity (Wildman–Crippen MR) is 132 cm³/mol. The Morgan fingerprint density at radius 2 is 1.75 bits per heavy atom. The number of rotatable bonds is 9. The van der Waals surface area contributed by atoms with E-state index in [1.807, 2.05) is 24.3 Å². The van der Waals surface area contributed by atoms with E-state index in [0.29, 0.717) is 23.7 Å². The first-order valence-electron chi connectivity index (χ1n) is 10.5.